The Kier molecular flexibility index (Phi) is 37.6. The molecule has 0 spiro atoms. The van der Waals surface area contributed by atoms with E-state index in [4.69, 9.17) is 6.42 Å². The summed E-state index contributed by atoms with van der Waals surface area (Å²) in [4.78, 5) is 2.53. The van der Waals surface area contributed by atoms with Crippen molar-refractivity contribution in [2.45, 2.75) is 227 Å². The number of terminal acetylenes is 1. The van der Waals surface area contributed by atoms with E-state index >= 15 is 0 Å². The van der Waals surface area contributed by atoms with Gasteiger partial charge in [0.05, 0.1) is 0 Å². The topological polar surface area (TPSA) is 3.24 Å². The summed E-state index contributed by atoms with van der Waals surface area (Å²) < 4.78 is 0. The predicted molar refractivity (Wildman–Crippen MR) is 218 cm³/mol. The summed E-state index contributed by atoms with van der Waals surface area (Å²) in [6, 6.07) is 0.722. The van der Waals surface area contributed by atoms with Gasteiger partial charge in [0.15, 0.2) is 0 Å². The van der Waals surface area contributed by atoms with Gasteiger partial charge in [-0.1, -0.05) is 162 Å². The standard InChI is InChI=1S/C13H28.C13H24.C10H22.C9H21N/c1-7-9-13(10-8-2,11(3)4)12(5)6;1-6-9-13(10-7-2,11-8-3)12(4)5;2*1-5-7-10(8-6-2)9(3)4/h11-12H,7-10H2,1-6H3;1,12H,7-11H2,2-5H3;9-10H,5-8H2,1-4H3;9H,5-8H2,1-4H3. The maximum absolute atomic E-state index is 5.46. The van der Waals surface area contributed by atoms with Gasteiger partial charge < -0.3 is 4.90 Å². The maximum Gasteiger partial charge on any atom is 0.0145 e. The average molecular weight is 650 g/mol. The van der Waals surface area contributed by atoms with Crippen LogP contribution in [-0.2, 0) is 0 Å². The van der Waals surface area contributed by atoms with Crippen LogP contribution in [0.5, 0.6) is 0 Å². The molecule has 0 radical (unpaired) electrons. The van der Waals surface area contributed by atoms with Gasteiger partial charge in [0, 0.05) is 12.5 Å². The van der Waals surface area contributed by atoms with Gasteiger partial charge in [0.25, 0.3) is 0 Å². The van der Waals surface area contributed by atoms with Crippen LogP contribution in [0.2, 0.25) is 0 Å². The van der Waals surface area contributed by atoms with E-state index in [1.165, 1.54) is 103 Å². The van der Waals surface area contributed by atoms with E-state index in [1.54, 1.807) is 0 Å². The molecule has 280 valence electrons. The van der Waals surface area contributed by atoms with Crippen LogP contribution < -0.4 is 0 Å². The first-order chi connectivity index (χ1) is 21.6. The molecule has 0 aliphatic heterocycles. The van der Waals surface area contributed by atoms with E-state index in [9.17, 15) is 0 Å². The fourth-order valence-electron chi connectivity index (χ4n) is 7.91. The monoisotopic (exact) mass is 650 g/mol. The second kappa shape index (κ2) is 33.0. The molecule has 0 aromatic heterocycles. The van der Waals surface area contributed by atoms with Gasteiger partial charge >= 0.3 is 0 Å². The fraction of sp³-hybridized carbons (Fsp3) is 0.956. The third kappa shape index (κ3) is 23.8. The van der Waals surface area contributed by atoms with Crippen molar-refractivity contribution >= 4 is 0 Å². The zero-order chi connectivity index (χ0) is 36.8. The Balaban J connectivity index is -0.000000258. The molecular formula is C45H95N. The van der Waals surface area contributed by atoms with E-state index < -0.39 is 0 Å². The number of rotatable bonds is 22. The zero-order valence-corrected chi connectivity index (χ0v) is 36.0. The van der Waals surface area contributed by atoms with Crippen molar-refractivity contribution in [1.29, 1.82) is 0 Å². The third-order valence-corrected chi connectivity index (χ3v) is 10.9. The van der Waals surface area contributed by atoms with Gasteiger partial charge in [-0.15, -0.1) is 12.3 Å². The Bertz CT molecular complexity index is 580. The molecule has 0 atom stereocenters. The largest absolute Gasteiger partial charge is 0.301 e. The van der Waals surface area contributed by atoms with E-state index in [0.717, 1.165) is 36.1 Å². The van der Waals surface area contributed by atoms with E-state index in [2.05, 4.69) is 135 Å². The summed E-state index contributed by atoms with van der Waals surface area (Å²) in [6.07, 6.45) is 25.0. The summed E-state index contributed by atoms with van der Waals surface area (Å²) >= 11 is 0. The highest BCUT2D eigenvalue weighted by molar-refractivity contribution is 4.96. The molecule has 0 amide bonds. The van der Waals surface area contributed by atoms with Crippen molar-refractivity contribution in [2.24, 2.45) is 40.4 Å². The second-order valence-corrected chi connectivity index (χ2v) is 16.2. The summed E-state index contributed by atoms with van der Waals surface area (Å²) in [5, 5.41) is 0. The number of hydrogen-bond acceptors (Lipinski definition) is 1. The Labute approximate surface area is 297 Å². The summed E-state index contributed by atoms with van der Waals surface area (Å²) in [7, 11) is 0. The molecule has 1 heteroatoms. The first-order valence-electron chi connectivity index (χ1n) is 20.7. The molecule has 0 aliphatic carbocycles. The lowest BCUT2D eigenvalue weighted by Crippen LogP contribution is -2.32. The summed E-state index contributed by atoms with van der Waals surface area (Å²) in [6.45, 7) is 44.1. The molecule has 0 aliphatic rings. The van der Waals surface area contributed by atoms with E-state index in [1.807, 2.05) is 0 Å². The molecule has 46 heavy (non-hydrogen) atoms. The Hall–Kier alpha value is -0.480. The van der Waals surface area contributed by atoms with Crippen molar-refractivity contribution < 1.29 is 0 Å². The molecule has 0 aromatic rings. The van der Waals surface area contributed by atoms with Gasteiger partial charge in [-0.25, -0.2) is 0 Å². The van der Waals surface area contributed by atoms with Crippen LogP contribution in [0.3, 0.4) is 0 Å². The molecular weight excluding hydrogens is 555 g/mol. The number of nitrogens with zero attached hydrogens (tertiary/aromatic N) is 1. The lowest BCUT2D eigenvalue weighted by Gasteiger charge is -2.41. The van der Waals surface area contributed by atoms with Crippen molar-refractivity contribution in [3.63, 3.8) is 0 Å². The normalized spacial score (nSPS) is 11.9. The minimum Gasteiger partial charge on any atom is -0.301 e. The highest BCUT2D eigenvalue weighted by atomic mass is 15.1. The molecule has 0 fully saturated rings. The van der Waals surface area contributed by atoms with Crippen molar-refractivity contribution in [2.75, 3.05) is 13.1 Å². The van der Waals surface area contributed by atoms with Gasteiger partial charge in [0.1, 0.15) is 0 Å². The molecule has 0 heterocycles. The second-order valence-electron chi connectivity index (χ2n) is 16.2. The van der Waals surface area contributed by atoms with Crippen molar-refractivity contribution in [3.8, 4) is 12.3 Å². The first-order valence-corrected chi connectivity index (χ1v) is 20.7. The van der Waals surface area contributed by atoms with Crippen LogP contribution in [0.25, 0.3) is 0 Å². The smallest absolute Gasteiger partial charge is 0.0145 e. The van der Waals surface area contributed by atoms with Gasteiger partial charge in [-0.2, -0.15) is 0 Å². The predicted octanol–water partition coefficient (Wildman–Crippen LogP) is 15.5. The van der Waals surface area contributed by atoms with Crippen LogP contribution in [-0.4, -0.2) is 24.0 Å². The molecule has 0 saturated heterocycles. The molecule has 0 N–H and O–H groups in total. The van der Waals surface area contributed by atoms with Crippen LogP contribution in [0.1, 0.15) is 221 Å². The van der Waals surface area contributed by atoms with Crippen LogP contribution >= 0.6 is 0 Å². The minimum absolute atomic E-state index is 0.415. The molecule has 1 nitrogen and oxygen atoms in total. The van der Waals surface area contributed by atoms with E-state index in [-0.39, 0.29) is 0 Å². The summed E-state index contributed by atoms with van der Waals surface area (Å²) in [5.74, 6) is 7.09. The molecule has 0 saturated carbocycles. The average Bonchev–Trinajstić information content (AvgIpc) is 2.97. The molecule has 0 rings (SSSR count). The summed E-state index contributed by atoms with van der Waals surface area (Å²) in [5.41, 5.74) is 1.02. The first kappa shape index (κ1) is 52.3. The lowest BCUT2D eigenvalue weighted by molar-refractivity contribution is 0.0832. The van der Waals surface area contributed by atoms with Crippen molar-refractivity contribution in [1.82, 2.24) is 4.90 Å². The highest BCUT2D eigenvalue weighted by Crippen LogP contribution is 2.44. The lowest BCUT2D eigenvalue weighted by atomic mass is 9.64. The third-order valence-electron chi connectivity index (χ3n) is 10.9. The Morgan fingerprint density at radius 1 is 0.500 bits per heavy atom. The SMILES string of the molecule is C#CCC(CCC)(CCC)C(C)C.CCCC(CCC)(C(C)C)C(C)C.CCCC(CCC)C(C)C.CCCN(CCC)C(C)C. The van der Waals surface area contributed by atoms with Crippen LogP contribution in [0, 0.1) is 52.8 Å². The zero-order valence-electron chi connectivity index (χ0n) is 36.0. The molecule has 0 aromatic carbocycles. The quantitative estimate of drug-likeness (QED) is 0.105. The van der Waals surface area contributed by atoms with Gasteiger partial charge in [0.2, 0.25) is 0 Å². The van der Waals surface area contributed by atoms with Crippen LogP contribution in [0.15, 0.2) is 0 Å². The maximum atomic E-state index is 5.46. The Morgan fingerprint density at radius 3 is 1.07 bits per heavy atom. The fourth-order valence-corrected chi connectivity index (χ4v) is 7.91. The molecule has 0 unspecified atom stereocenters. The highest BCUT2D eigenvalue weighted by Gasteiger charge is 2.35. The van der Waals surface area contributed by atoms with Crippen LogP contribution in [0.4, 0.5) is 0 Å². The van der Waals surface area contributed by atoms with Gasteiger partial charge in [-0.05, 0) is 106 Å². The molecule has 0 bridgehead atoms. The van der Waals surface area contributed by atoms with Gasteiger partial charge in [-0.3, -0.25) is 0 Å². The van der Waals surface area contributed by atoms with Crippen molar-refractivity contribution in [3.05, 3.63) is 0 Å². The Morgan fingerprint density at radius 2 is 0.870 bits per heavy atom. The van der Waals surface area contributed by atoms with E-state index in [0.29, 0.717) is 16.7 Å². The number of hydrogen-bond donors (Lipinski definition) is 0. The minimum atomic E-state index is 0.415.